The Kier molecular flexibility index (Phi) is 11.0. The van der Waals surface area contributed by atoms with Gasteiger partial charge >= 0.3 is 43.6 Å². The molecule has 0 fully saturated rings. The molecule has 0 aliphatic carbocycles. The molecule has 56 valence electrons. The van der Waals surface area contributed by atoms with Gasteiger partial charge in [0.15, 0.2) is 0 Å². The van der Waals surface area contributed by atoms with Crippen LogP contribution in [-0.4, -0.2) is 27.4 Å². The van der Waals surface area contributed by atoms with Crippen molar-refractivity contribution in [3.8, 4) is 0 Å². The molecule has 0 spiro atoms. The Morgan fingerprint density at radius 3 is 1.80 bits per heavy atom. The first-order chi connectivity index (χ1) is 4.26. The van der Waals surface area contributed by atoms with Crippen molar-refractivity contribution in [2.45, 2.75) is 6.03 Å². The Balaban J connectivity index is -0.000000320. The van der Waals surface area contributed by atoms with E-state index in [4.69, 9.17) is 0 Å². The fourth-order valence-electron chi connectivity index (χ4n) is 0.354. The third kappa shape index (κ3) is 4.74. The molecule has 0 aromatic carbocycles. The van der Waals surface area contributed by atoms with E-state index in [1.54, 1.807) is 0 Å². The molecule has 0 rings (SSSR count). The standard InChI is InChI=1S/C4H10O4P.Na.H/c1-6-4(7-2)9(5)8-3;;/h4H,1-3H3;;/q2*+1;-1. The molecule has 0 aliphatic rings. The van der Waals surface area contributed by atoms with Crippen LogP contribution >= 0.6 is 8.03 Å². The van der Waals surface area contributed by atoms with Crippen molar-refractivity contribution in [1.29, 1.82) is 0 Å². The Morgan fingerprint density at radius 1 is 1.30 bits per heavy atom. The Bertz CT molecular complexity index is 100. The van der Waals surface area contributed by atoms with Crippen LogP contribution in [0.2, 0.25) is 0 Å². The second-order valence-electron chi connectivity index (χ2n) is 1.25. The summed E-state index contributed by atoms with van der Waals surface area (Å²) in [6.45, 7) is 0. The zero-order chi connectivity index (χ0) is 7.28. The normalized spacial score (nSPS) is 11.0. The van der Waals surface area contributed by atoms with Crippen LogP contribution in [0.15, 0.2) is 0 Å². The Morgan fingerprint density at radius 2 is 1.70 bits per heavy atom. The van der Waals surface area contributed by atoms with Crippen LogP contribution in [0.3, 0.4) is 0 Å². The molecule has 0 aromatic heterocycles. The van der Waals surface area contributed by atoms with Gasteiger partial charge in [-0.05, 0) is 4.57 Å². The predicted molar refractivity (Wildman–Crippen MR) is 33.5 cm³/mol. The van der Waals surface area contributed by atoms with Crippen LogP contribution in [0.1, 0.15) is 1.43 Å². The second-order valence-corrected chi connectivity index (χ2v) is 2.60. The van der Waals surface area contributed by atoms with Crippen LogP contribution < -0.4 is 29.6 Å². The van der Waals surface area contributed by atoms with Crippen molar-refractivity contribution in [1.82, 2.24) is 0 Å². The number of rotatable bonds is 4. The predicted octanol–water partition coefficient (Wildman–Crippen LogP) is -1.93. The van der Waals surface area contributed by atoms with E-state index in [2.05, 4.69) is 14.0 Å². The zero-order valence-corrected chi connectivity index (χ0v) is 9.55. The molecule has 0 aromatic rings. The number of hydrogen-bond donors (Lipinski definition) is 0. The zero-order valence-electron chi connectivity index (χ0n) is 7.66. The summed E-state index contributed by atoms with van der Waals surface area (Å²) in [7, 11) is 2.31. The van der Waals surface area contributed by atoms with Gasteiger partial charge in [0.2, 0.25) is 0 Å². The van der Waals surface area contributed by atoms with Crippen LogP contribution in [0.4, 0.5) is 0 Å². The van der Waals surface area contributed by atoms with Gasteiger partial charge in [-0.1, -0.05) is 0 Å². The molecule has 6 heteroatoms. The maximum absolute atomic E-state index is 10.6. The summed E-state index contributed by atoms with van der Waals surface area (Å²) in [4.78, 5) is 0. The van der Waals surface area contributed by atoms with E-state index in [-0.39, 0.29) is 31.0 Å². The van der Waals surface area contributed by atoms with Crippen LogP contribution in [0, 0.1) is 0 Å². The largest absolute Gasteiger partial charge is 1.00 e. The SMILES string of the molecule is COC(OC)[P+](=O)OC.[H-].[Na+]. The third-order valence-electron chi connectivity index (χ3n) is 0.755. The molecule has 0 N–H and O–H groups in total. The summed E-state index contributed by atoms with van der Waals surface area (Å²) in [5.74, 6) is 0. The van der Waals surface area contributed by atoms with Gasteiger partial charge in [0, 0.05) is 14.2 Å². The topological polar surface area (TPSA) is 44.8 Å². The minimum absolute atomic E-state index is 0. The minimum atomic E-state index is -1.84. The summed E-state index contributed by atoms with van der Waals surface area (Å²) in [6.07, 6.45) is 0. The molecule has 0 aliphatic heterocycles. The van der Waals surface area contributed by atoms with Gasteiger partial charge in [-0.2, -0.15) is 0 Å². The van der Waals surface area contributed by atoms with Crippen molar-refractivity contribution in [3.63, 3.8) is 0 Å². The first-order valence-electron chi connectivity index (χ1n) is 2.32. The van der Waals surface area contributed by atoms with Crippen molar-refractivity contribution in [2.75, 3.05) is 21.3 Å². The third-order valence-corrected chi connectivity index (χ3v) is 1.88. The maximum atomic E-state index is 10.6. The molecule has 0 saturated carbocycles. The molecule has 0 bridgehead atoms. The van der Waals surface area contributed by atoms with Crippen molar-refractivity contribution in [3.05, 3.63) is 0 Å². The van der Waals surface area contributed by atoms with E-state index in [1.807, 2.05) is 0 Å². The Hall–Kier alpha value is 0.980. The number of hydrogen-bond acceptors (Lipinski definition) is 4. The van der Waals surface area contributed by atoms with Gasteiger partial charge in [0.05, 0.1) is 7.11 Å². The second kappa shape index (κ2) is 8.08. The van der Waals surface area contributed by atoms with Crippen LogP contribution in [0.25, 0.3) is 0 Å². The number of ether oxygens (including phenoxy) is 2. The molecule has 0 amide bonds. The average Bonchev–Trinajstić information content (AvgIpc) is 1.90. The molecule has 1 atom stereocenters. The monoisotopic (exact) mass is 177 g/mol. The van der Waals surface area contributed by atoms with Gasteiger partial charge in [-0.3, -0.25) is 0 Å². The van der Waals surface area contributed by atoms with Gasteiger partial charge in [0.1, 0.15) is 0 Å². The Labute approximate surface area is 84.9 Å². The molecule has 0 saturated heterocycles. The van der Waals surface area contributed by atoms with E-state index in [1.165, 1.54) is 21.3 Å². The summed E-state index contributed by atoms with van der Waals surface area (Å²) in [5.41, 5.74) is 0. The van der Waals surface area contributed by atoms with E-state index >= 15 is 0 Å². The fourth-order valence-corrected chi connectivity index (χ4v) is 0.871. The maximum Gasteiger partial charge on any atom is 1.00 e. The molecular formula is C4H11NaO4P+. The van der Waals surface area contributed by atoms with Gasteiger partial charge < -0.3 is 10.9 Å². The summed E-state index contributed by atoms with van der Waals surface area (Å²) in [5, 5.41) is 0. The van der Waals surface area contributed by atoms with Gasteiger partial charge in [-0.15, -0.1) is 4.52 Å². The van der Waals surface area contributed by atoms with E-state index < -0.39 is 14.1 Å². The van der Waals surface area contributed by atoms with Crippen molar-refractivity contribution < 1.29 is 49.5 Å². The first-order valence-corrected chi connectivity index (χ1v) is 3.57. The van der Waals surface area contributed by atoms with Gasteiger partial charge in [0.25, 0.3) is 0 Å². The molecule has 0 heterocycles. The molecule has 4 nitrogen and oxygen atoms in total. The fraction of sp³-hybridized carbons (Fsp3) is 1.00. The molecule has 10 heavy (non-hydrogen) atoms. The quantitative estimate of drug-likeness (QED) is 0.285. The van der Waals surface area contributed by atoms with E-state index in [0.717, 1.165) is 0 Å². The summed E-state index contributed by atoms with van der Waals surface area (Å²) >= 11 is 0. The van der Waals surface area contributed by atoms with Crippen molar-refractivity contribution >= 4 is 8.03 Å². The molecular weight excluding hydrogens is 166 g/mol. The van der Waals surface area contributed by atoms with Crippen LogP contribution in [-0.2, 0) is 18.6 Å². The average molecular weight is 177 g/mol. The van der Waals surface area contributed by atoms with E-state index in [9.17, 15) is 4.57 Å². The minimum Gasteiger partial charge on any atom is -1.00 e. The van der Waals surface area contributed by atoms with E-state index in [0.29, 0.717) is 0 Å². The molecule has 1 unspecified atom stereocenters. The number of methoxy groups -OCH3 is 2. The van der Waals surface area contributed by atoms with Gasteiger partial charge in [-0.25, -0.2) is 0 Å². The van der Waals surface area contributed by atoms with Crippen molar-refractivity contribution in [2.24, 2.45) is 0 Å². The van der Waals surface area contributed by atoms with Crippen LogP contribution in [0.5, 0.6) is 0 Å². The first kappa shape index (κ1) is 13.6. The summed E-state index contributed by atoms with van der Waals surface area (Å²) < 4.78 is 24.3. The summed E-state index contributed by atoms with van der Waals surface area (Å²) in [6, 6.07) is -0.745. The smallest absolute Gasteiger partial charge is 1.00 e. The molecule has 0 radical (unpaired) electrons.